The molecule has 3 aromatic rings. The third-order valence-electron chi connectivity index (χ3n) is 8.27. The van der Waals surface area contributed by atoms with Crippen molar-refractivity contribution in [2.24, 2.45) is 0 Å². The highest BCUT2D eigenvalue weighted by atomic mass is 16.5. The number of fused-ring (bicyclic) bond motifs is 2. The number of ether oxygens (including phenoxy) is 3. The molecule has 49 heavy (non-hydrogen) atoms. The fraction of sp³-hybridized carbons (Fsp3) is 0.405. The largest absolute Gasteiger partial charge is 0.493 e. The monoisotopic (exact) mass is 671 g/mol. The van der Waals surface area contributed by atoms with Gasteiger partial charge in [-0.15, -0.1) is 0 Å². The molecule has 0 aromatic heterocycles. The molecule has 12 heteroatoms. The molecule has 3 aromatic carbocycles. The lowest BCUT2D eigenvalue weighted by Crippen LogP contribution is -2.47. The van der Waals surface area contributed by atoms with E-state index in [4.69, 9.17) is 14.2 Å². The van der Waals surface area contributed by atoms with E-state index in [0.717, 1.165) is 44.0 Å². The van der Waals surface area contributed by atoms with Crippen LogP contribution in [0.1, 0.15) is 58.0 Å². The van der Waals surface area contributed by atoms with Crippen LogP contribution in [0, 0.1) is 0 Å². The summed E-state index contributed by atoms with van der Waals surface area (Å²) in [5, 5.41) is 11.6. The number of carbonyl (C=O) groups is 4. The highest BCUT2D eigenvalue weighted by Gasteiger charge is 2.25. The number of benzene rings is 3. The van der Waals surface area contributed by atoms with E-state index in [1.54, 1.807) is 55.5 Å². The van der Waals surface area contributed by atoms with Crippen LogP contribution in [-0.4, -0.2) is 86.7 Å². The molecule has 260 valence electrons. The first-order chi connectivity index (χ1) is 23.9. The van der Waals surface area contributed by atoms with Crippen molar-refractivity contribution < 1.29 is 33.4 Å². The average Bonchev–Trinajstić information content (AvgIpc) is 3.11. The third-order valence-corrected chi connectivity index (χ3v) is 8.27. The second-order valence-electron chi connectivity index (χ2n) is 12.2. The van der Waals surface area contributed by atoms with Crippen LogP contribution in [-0.2, 0) is 27.4 Å². The van der Waals surface area contributed by atoms with Gasteiger partial charge in [0.25, 0.3) is 11.8 Å². The van der Waals surface area contributed by atoms with Gasteiger partial charge in [0, 0.05) is 39.1 Å². The summed E-state index contributed by atoms with van der Waals surface area (Å²) in [6.45, 7) is 6.77. The number of para-hydroxylation sites is 2. The number of amides is 4. The van der Waals surface area contributed by atoms with Crippen LogP contribution >= 0.6 is 0 Å². The SMILES string of the molecule is C[C@H]1COc2ccccc2C(=O)NCCCOc2ccccc2C(=O)N[C@H](C(=O)NCc2cccc(CN3CCOCC3)c2)CCC(=O)N1. The molecule has 0 spiro atoms. The van der Waals surface area contributed by atoms with Crippen LogP contribution in [0.5, 0.6) is 11.5 Å². The Morgan fingerprint density at radius 1 is 0.837 bits per heavy atom. The summed E-state index contributed by atoms with van der Waals surface area (Å²) in [7, 11) is 0. The molecule has 2 aliphatic heterocycles. The lowest BCUT2D eigenvalue weighted by Gasteiger charge is -2.26. The Kier molecular flexibility index (Phi) is 13.0. The maximum atomic E-state index is 13.6. The van der Waals surface area contributed by atoms with Gasteiger partial charge in [0.05, 0.1) is 37.0 Å². The molecule has 5 rings (SSSR count). The number of nitrogens with zero attached hydrogens (tertiary/aromatic N) is 1. The summed E-state index contributed by atoms with van der Waals surface area (Å²) < 4.78 is 17.3. The smallest absolute Gasteiger partial charge is 0.255 e. The molecule has 0 bridgehead atoms. The number of rotatable bonds is 5. The minimum Gasteiger partial charge on any atom is -0.493 e. The van der Waals surface area contributed by atoms with Gasteiger partial charge in [-0.25, -0.2) is 0 Å². The average molecular weight is 672 g/mol. The molecule has 1 fully saturated rings. The number of morpholine rings is 1. The Balaban J connectivity index is 1.28. The van der Waals surface area contributed by atoms with Crippen molar-refractivity contribution in [2.45, 2.75) is 51.4 Å². The normalized spacial score (nSPS) is 20.1. The highest BCUT2D eigenvalue weighted by molar-refractivity contribution is 6.00. The molecule has 2 heterocycles. The zero-order valence-electron chi connectivity index (χ0n) is 27.9. The van der Waals surface area contributed by atoms with Crippen molar-refractivity contribution in [1.29, 1.82) is 0 Å². The van der Waals surface area contributed by atoms with Crippen LogP contribution < -0.4 is 30.7 Å². The predicted molar refractivity (Wildman–Crippen MR) is 183 cm³/mol. The molecule has 0 saturated carbocycles. The van der Waals surface area contributed by atoms with Gasteiger partial charge in [0.1, 0.15) is 24.1 Å². The molecule has 0 aliphatic carbocycles. The standard InChI is InChI=1S/C37H45N5O7/c1-26-25-49-33-13-5-2-10-29(33)35(44)38-16-7-19-48-32-12-4-3-11-30(32)36(45)41-31(14-15-34(43)40-26)37(46)39-23-27-8-6-9-28(22-27)24-42-17-20-47-21-18-42/h2-6,8-13,22,26,31H,7,14-21,23-25H2,1H3,(H,38,44)(H,39,46)(H,40,43)(H,41,45)/t26-,31-/m0/s1. The second-order valence-corrected chi connectivity index (χ2v) is 12.2. The molecule has 0 unspecified atom stereocenters. The quantitative estimate of drug-likeness (QED) is 0.324. The molecule has 12 nitrogen and oxygen atoms in total. The minimum atomic E-state index is -0.984. The highest BCUT2D eigenvalue weighted by Crippen LogP contribution is 2.20. The predicted octanol–water partition coefficient (Wildman–Crippen LogP) is 2.81. The lowest BCUT2D eigenvalue weighted by molar-refractivity contribution is -0.124. The van der Waals surface area contributed by atoms with E-state index in [9.17, 15) is 19.2 Å². The van der Waals surface area contributed by atoms with Gasteiger partial charge in [-0.3, -0.25) is 24.1 Å². The molecular weight excluding hydrogens is 626 g/mol. The Morgan fingerprint density at radius 2 is 1.53 bits per heavy atom. The first-order valence-corrected chi connectivity index (χ1v) is 16.8. The van der Waals surface area contributed by atoms with E-state index < -0.39 is 17.9 Å². The van der Waals surface area contributed by atoms with E-state index in [0.29, 0.717) is 30.0 Å². The molecule has 2 aliphatic rings. The van der Waals surface area contributed by atoms with E-state index in [1.165, 1.54) is 0 Å². The third kappa shape index (κ3) is 10.8. The molecular formula is C37H45N5O7. The van der Waals surface area contributed by atoms with E-state index in [-0.39, 0.29) is 56.0 Å². The fourth-order valence-corrected chi connectivity index (χ4v) is 5.66. The topological polar surface area (TPSA) is 147 Å². The van der Waals surface area contributed by atoms with Crippen LogP contribution in [0.25, 0.3) is 0 Å². The van der Waals surface area contributed by atoms with Crippen LogP contribution in [0.3, 0.4) is 0 Å². The van der Waals surface area contributed by atoms with Crippen molar-refractivity contribution >= 4 is 23.6 Å². The number of hydrogen-bond acceptors (Lipinski definition) is 8. The fourth-order valence-electron chi connectivity index (χ4n) is 5.66. The number of nitrogens with one attached hydrogen (secondary N) is 4. The van der Waals surface area contributed by atoms with Crippen molar-refractivity contribution in [2.75, 3.05) is 46.1 Å². The van der Waals surface area contributed by atoms with E-state index in [2.05, 4.69) is 38.3 Å². The van der Waals surface area contributed by atoms with Crippen LogP contribution in [0.2, 0.25) is 0 Å². The second kappa shape index (κ2) is 18.0. The van der Waals surface area contributed by atoms with Gasteiger partial charge < -0.3 is 35.5 Å². The summed E-state index contributed by atoms with van der Waals surface area (Å²) >= 11 is 0. The summed E-state index contributed by atoms with van der Waals surface area (Å²) in [6.07, 6.45) is 0.543. The van der Waals surface area contributed by atoms with E-state index >= 15 is 0 Å². The Morgan fingerprint density at radius 3 is 2.31 bits per heavy atom. The van der Waals surface area contributed by atoms with Crippen molar-refractivity contribution in [3.63, 3.8) is 0 Å². The molecule has 1 saturated heterocycles. The van der Waals surface area contributed by atoms with Crippen LogP contribution in [0.4, 0.5) is 0 Å². The van der Waals surface area contributed by atoms with Gasteiger partial charge in [-0.1, -0.05) is 48.5 Å². The summed E-state index contributed by atoms with van der Waals surface area (Å²) in [4.78, 5) is 55.3. The van der Waals surface area contributed by atoms with Gasteiger partial charge in [0.2, 0.25) is 11.8 Å². The van der Waals surface area contributed by atoms with Crippen molar-refractivity contribution in [3.8, 4) is 11.5 Å². The van der Waals surface area contributed by atoms with Crippen molar-refractivity contribution in [1.82, 2.24) is 26.2 Å². The molecule has 2 atom stereocenters. The van der Waals surface area contributed by atoms with Gasteiger partial charge in [0.15, 0.2) is 0 Å². The lowest BCUT2D eigenvalue weighted by atomic mass is 10.1. The summed E-state index contributed by atoms with van der Waals surface area (Å²) in [5.41, 5.74) is 2.72. The van der Waals surface area contributed by atoms with Crippen LogP contribution in [0.15, 0.2) is 72.8 Å². The van der Waals surface area contributed by atoms with Gasteiger partial charge in [-0.05, 0) is 55.2 Å². The summed E-state index contributed by atoms with van der Waals surface area (Å²) in [5.74, 6) is -0.725. The molecule has 4 N–H and O–H groups in total. The molecule has 4 amide bonds. The number of carbonyl (C=O) groups excluding carboxylic acids is 4. The zero-order valence-corrected chi connectivity index (χ0v) is 27.9. The Bertz CT molecular complexity index is 1590. The Hall–Kier alpha value is -4.94. The van der Waals surface area contributed by atoms with Crippen molar-refractivity contribution in [3.05, 3.63) is 95.1 Å². The number of hydrogen-bond donors (Lipinski definition) is 4. The maximum absolute atomic E-state index is 13.6. The maximum Gasteiger partial charge on any atom is 0.255 e. The first kappa shape index (κ1) is 35.4. The van der Waals surface area contributed by atoms with E-state index in [1.807, 2.05) is 12.1 Å². The zero-order chi connectivity index (χ0) is 34.4. The Labute approximate surface area is 286 Å². The summed E-state index contributed by atoms with van der Waals surface area (Å²) in [6, 6.07) is 20.4. The first-order valence-electron chi connectivity index (χ1n) is 16.8. The molecule has 0 radical (unpaired) electrons. The van der Waals surface area contributed by atoms with Gasteiger partial charge >= 0.3 is 0 Å². The van der Waals surface area contributed by atoms with Gasteiger partial charge in [-0.2, -0.15) is 0 Å². The minimum absolute atomic E-state index is 0.0190.